The zero-order valence-corrected chi connectivity index (χ0v) is 16.3. The highest BCUT2D eigenvalue weighted by Gasteiger charge is 2.47. The van der Waals surface area contributed by atoms with Gasteiger partial charge in [0, 0.05) is 24.4 Å². The third kappa shape index (κ3) is 4.53. The lowest BCUT2D eigenvalue weighted by atomic mass is 9.85. The molecular weight excluding hydrogens is 394 g/mol. The first-order valence-electron chi connectivity index (χ1n) is 9.53. The van der Waals surface area contributed by atoms with Crippen LogP contribution in [0.25, 0.3) is 0 Å². The molecule has 1 aromatic carbocycles. The second kappa shape index (κ2) is 8.85. The quantitative estimate of drug-likeness (QED) is 0.236. The van der Waals surface area contributed by atoms with Gasteiger partial charge in [0.15, 0.2) is 6.10 Å². The van der Waals surface area contributed by atoms with Crippen molar-refractivity contribution < 1.29 is 28.8 Å². The van der Waals surface area contributed by atoms with Crippen LogP contribution >= 0.6 is 0 Å². The molecule has 0 bridgehead atoms. The molecule has 1 fully saturated rings. The molecule has 10 nitrogen and oxygen atoms in total. The van der Waals surface area contributed by atoms with E-state index in [9.17, 15) is 29.3 Å². The van der Waals surface area contributed by atoms with Gasteiger partial charge in [0.05, 0.1) is 23.2 Å². The number of allylic oxidation sites excluding steroid dienone is 2. The molecule has 158 valence electrons. The number of anilines is 1. The van der Waals surface area contributed by atoms with E-state index in [0.29, 0.717) is 18.5 Å². The number of nitro groups is 1. The number of nitro benzene ring substituents is 1. The Kier molecular flexibility index (Phi) is 6.24. The van der Waals surface area contributed by atoms with Crippen molar-refractivity contribution in [2.24, 2.45) is 11.8 Å². The lowest BCUT2D eigenvalue weighted by Crippen LogP contribution is -2.35. The Labute approximate surface area is 172 Å². The first-order chi connectivity index (χ1) is 14.3. The molecule has 2 aliphatic rings. The summed E-state index contributed by atoms with van der Waals surface area (Å²) >= 11 is 0. The average molecular weight is 415 g/mol. The monoisotopic (exact) mass is 415 g/mol. The van der Waals surface area contributed by atoms with Crippen LogP contribution in [0.2, 0.25) is 0 Å². The van der Waals surface area contributed by atoms with E-state index < -0.39 is 22.9 Å². The van der Waals surface area contributed by atoms with Gasteiger partial charge in [-0.05, 0) is 31.9 Å². The van der Waals surface area contributed by atoms with Gasteiger partial charge in [0.25, 0.3) is 11.6 Å². The van der Waals surface area contributed by atoms with E-state index in [-0.39, 0.29) is 42.3 Å². The maximum Gasteiger partial charge on any atom is 0.308 e. The fraction of sp³-hybridized carbons (Fsp3) is 0.400. The standard InChI is InChI=1S/C20H21N3O7/c1-12(18(25)21-13-6-8-14(9-7-13)23(28)29)30-17(24)10-11-22-19(26)15-4-2-3-5-16(15)20(22)27/h2-3,6-9,12,15-16H,4-5,10-11H2,1H3,(H,21,25). The SMILES string of the molecule is CC(OC(=O)CCN1C(=O)C2CC=CCC2C1=O)C(=O)Nc1ccc([N+](=O)[O-])cc1. The van der Waals surface area contributed by atoms with Crippen molar-refractivity contribution in [3.63, 3.8) is 0 Å². The minimum atomic E-state index is -1.12. The van der Waals surface area contributed by atoms with Gasteiger partial charge in [0.1, 0.15) is 0 Å². The minimum absolute atomic E-state index is 0.0831. The van der Waals surface area contributed by atoms with E-state index in [1.807, 2.05) is 12.2 Å². The maximum absolute atomic E-state index is 12.4. The first kappa shape index (κ1) is 21.2. The van der Waals surface area contributed by atoms with Gasteiger partial charge in [-0.25, -0.2) is 0 Å². The molecule has 1 aliphatic carbocycles. The number of non-ortho nitro benzene ring substituents is 1. The lowest BCUT2D eigenvalue weighted by Gasteiger charge is -2.16. The molecule has 30 heavy (non-hydrogen) atoms. The van der Waals surface area contributed by atoms with Crippen LogP contribution in [0.5, 0.6) is 0 Å². The highest BCUT2D eigenvalue weighted by molar-refractivity contribution is 6.05. The van der Waals surface area contributed by atoms with Crippen LogP contribution in [0.4, 0.5) is 11.4 Å². The molecule has 10 heteroatoms. The van der Waals surface area contributed by atoms with Gasteiger partial charge >= 0.3 is 5.97 Å². The summed E-state index contributed by atoms with van der Waals surface area (Å²) in [5.74, 6) is -2.58. The van der Waals surface area contributed by atoms with E-state index >= 15 is 0 Å². The van der Waals surface area contributed by atoms with Crippen LogP contribution in [0.1, 0.15) is 26.2 Å². The lowest BCUT2D eigenvalue weighted by molar-refractivity contribution is -0.384. The van der Waals surface area contributed by atoms with E-state index in [4.69, 9.17) is 4.74 Å². The zero-order valence-electron chi connectivity index (χ0n) is 16.3. The molecule has 1 aliphatic heterocycles. The number of fused-ring (bicyclic) bond motifs is 1. The van der Waals surface area contributed by atoms with Crippen LogP contribution in [-0.2, 0) is 23.9 Å². The molecular formula is C20H21N3O7. The van der Waals surface area contributed by atoms with E-state index in [1.54, 1.807) is 0 Å². The first-order valence-corrected chi connectivity index (χ1v) is 9.53. The summed E-state index contributed by atoms with van der Waals surface area (Å²) in [6.07, 6.45) is 3.49. The van der Waals surface area contributed by atoms with Crippen molar-refractivity contribution in [2.75, 3.05) is 11.9 Å². The Bertz CT molecular complexity index is 883. The molecule has 1 saturated heterocycles. The molecule has 1 heterocycles. The second-order valence-electron chi connectivity index (χ2n) is 7.16. The Balaban J connectivity index is 1.47. The third-order valence-electron chi connectivity index (χ3n) is 5.16. The van der Waals surface area contributed by atoms with Gasteiger partial charge in [-0.1, -0.05) is 12.2 Å². The van der Waals surface area contributed by atoms with Gasteiger partial charge < -0.3 is 10.1 Å². The molecule has 0 radical (unpaired) electrons. The predicted octanol–water partition coefficient (Wildman–Crippen LogP) is 1.81. The number of esters is 1. The molecule has 3 unspecified atom stereocenters. The van der Waals surface area contributed by atoms with Gasteiger partial charge in [-0.2, -0.15) is 0 Å². The van der Waals surface area contributed by atoms with Crippen molar-refractivity contribution in [2.45, 2.75) is 32.3 Å². The van der Waals surface area contributed by atoms with Gasteiger partial charge in [-0.15, -0.1) is 0 Å². The highest BCUT2D eigenvalue weighted by Crippen LogP contribution is 2.35. The second-order valence-corrected chi connectivity index (χ2v) is 7.16. The molecule has 1 N–H and O–H groups in total. The molecule has 3 atom stereocenters. The van der Waals surface area contributed by atoms with Crippen molar-refractivity contribution in [3.8, 4) is 0 Å². The van der Waals surface area contributed by atoms with Crippen LogP contribution < -0.4 is 5.32 Å². The smallest absolute Gasteiger partial charge is 0.308 e. The number of nitrogens with zero attached hydrogens (tertiary/aromatic N) is 2. The normalized spacial score (nSPS) is 21.2. The molecule has 3 amide bonds. The molecule has 0 aromatic heterocycles. The summed E-state index contributed by atoms with van der Waals surface area (Å²) in [5, 5.41) is 13.1. The van der Waals surface area contributed by atoms with Gasteiger partial charge in [0.2, 0.25) is 11.8 Å². The summed E-state index contributed by atoms with van der Waals surface area (Å²) in [6.45, 7) is 1.30. The number of imide groups is 1. The number of hydrogen-bond donors (Lipinski definition) is 1. The van der Waals surface area contributed by atoms with E-state index in [0.717, 1.165) is 4.90 Å². The topological polar surface area (TPSA) is 136 Å². The number of likely N-dealkylation sites (tertiary alicyclic amines) is 1. The predicted molar refractivity (Wildman–Crippen MR) is 104 cm³/mol. The molecule has 1 aromatic rings. The van der Waals surface area contributed by atoms with Crippen molar-refractivity contribution in [1.82, 2.24) is 4.90 Å². The number of benzene rings is 1. The van der Waals surface area contributed by atoms with Crippen molar-refractivity contribution in [3.05, 3.63) is 46.5 Å². The van der Waals surface area contributed by atoms with Crippen LogP contribution in [0.3, 0.4) is 0 Å². The number of amides is 3. The van der Waals surface area contributed by atoms with Crippen LogP contribution in [0.15, 0.2) is 36.4 Å². The third-order valence-corrected chi connectivity index (χ3v) is 5.16. The molecule has 0 spiro atoms. The van der Waals surface area contributed by atoms with Crippen LogP contribution in [-0.4, -0.2) is 46.2 Å². The number of carbonyl (C=O) groups excluding carboxylic acids is 4. The fourth-order valence-corrected chi connectivity index (χ4v) is 3.51. The molecule has 3 rings (SSSR count). The zero-order chi connectivity index (χ0) is 21.8. The largest absolute Gasteiger partial charge is 0.452 e. The number of nitrogens with one attached hydrogen (secondary N) is 1. The number of hydrogen-bond acceptors (Lipinski definition) is 7. The van der Waals surface area contributed by atoms with Crippen molar-refractivity contribution >= 4 is 35.1 Å². The summed E-state index contributed by atoms with van der Waals surface area (Å²) in [6, 6.07) is 5.21. The number of ether oxygens (including phenoxy) is 1. The number of rotatable bonds is 7. The van der Waals surface area contributed by atoms with E-state index in [2.05, 4.69) is 5.32 Å². The average Bonchev–Trinajstić information content (AvgIpc) is 2.97. The van der Waals surface area contributed by atoms with Gasteiger partial charge in [-0.3, -0.25) is 34.2 Å². The Morgan fingerprint density at radius 1 is 1.17 bits per heavy atom. The molecule has 0 saturated carbocycles. The highest BCUT2D eigenvalue weighted by atomic mass is 16.6. The number of carbonyl (C=O) groups is 4. The minimum Gasteiger partial charge on any atom is -0.452 e. The Morgan fingerprint density at radius 3 is 2.27 bits per heavy atom. The maximum atomic E-state index is 12.4. The summed E-state index contributed by atoms with van der Waals surface area (Å²) < 4.78 is 5.07. The summed E-state index contributed by atoms with van der Waals surface area (Å²) in [5.41, 5.74) is 0.201. The van der Waals surface area contributed by atoms with Crippen molar-refractivity contribution in [1.29, 1.82) is 0 Å². The fourth-order valence-electron chi connectivity index (χ4n) is 3.51. The summed E-state index contributed by atoms with van der Waals surface area (Å²) in [4.78, 5) is 60.2. The summed E-state index contributed by atoms with van der Waals surface area (Å²) in [7, 11) is 0. The van der Waals surface area contributed by atoms with E-state index in [1.165, 1.54) is 31.2 Å². The van der Waals surface area contributed by atoms with Crippen LogP contribution in [0, 0.1) is 22.0 Å². The Morgan fingerprint density at radius 2 is 1.73 bits per heavy atom. The Hall–Kier alpha value is -3.56.